The van der Waals surface area contributed by atoms with Crippen molar-refractivity contribution in [3.63, 3.8) is 0 Å². The predicted molar refractivity (Wildman–Crippen MR) is 77.0 cm³/mol. The lowest BCUT2D eigenvalue weighted by molar-refractivity contribution is 0.199. The van der Waals surface area contributed by atoms with Gasteiger partial charge >= 0.3 is 0 Å². The number of nitriles is 1. The van der Waals surface area contributed by atoms with E-state index in [9.17, 15) is 5.11 Å². The van der Waals surface area contributed by atoms with Crippen LogP contribution in [0.15, 0.2) is 18.2 Å². The fourth-order valence-corrected chi connectivity index (χ4v) is 2.86. The van der Waals surface area contributed by atoms with Crippen molar-refractivity contribution >= 4 is 5.69 Å². The van der Waals surface area contributed by atoms with Crippen molar-refractivity contribution < 1.29 is 5.11 Å². The molecule has 3 nitrogen and oxygen atoms in total. The quantitative estimate of drug-likeness (QED) is 0.905. The molecular weight excluding hydrogens is 236 g/mol. The molecule has 0 bridgehead atoms. The zero-order valence-corrected chi connectivity index (χ0v) is 11.8. The van der Waals surface area contributed by atoms with E-state index in [2.05, 4.69) is 17.9 Å². The maximum absolute atomic E-state index is 9.91. The average Bonchev–Trinajstić information content (AvgIpc) is 2.46. The number of benzene rings is 1. The Morgan fingerprint density at radius 3 is 2.95 bits per heavy atom. The van der Waals surface area contributed by atoms with Crippen molar-refractivity contribution in [2.75, 3.05) is 18.0 Å². The van der Waals surface area contributed by atoms with Crippen LogP contribution in [-0.2, 0) is 0 Å². The van der Waals surface area contributed by atoms with Crippen molar-refractivity contribution in [3.8, 4) is 6.07 Å². The normalized spacial score (nSPS) is 20.9. The molecule has 2 atom stereocenters. The molecule has 1 fully saturated rings. The van der Waals surface area contributed by atoms with Gasteiger partial charge in [-0.3, -0.25) is 0 Å². The summed E-state index contributed by atoms with van der Waals surface area (Å²) in [6.07, 6.45) is 3.17. The zero-order valence-electron chi connectivity index (χ0n) is 11.8. The van der Waals surface area contributed by atoms with Gasteiger partial charge in [-0.1, -0.05) is 19.4 Å². The minimum Gasteiger partial charge on any atom is -0.389 e. The van der Waals surface area contributed by atoms with Crippen LogP contribution in [0.2, 0.25) is 0 Å². The molecule has 1 aliphatic rings. The minimum absolute atomic E-state index is 0.496. The van der Waals surface area contributed by atoms with Gasteiger partial charge < -0.3 is 10.0 Å². The molecule has 1 N–H and O–H groups in total. The van der Waals surface area contributed by atoms with Crippen molar-refractivity contribution in [1.29, 1.82) is 5.26 Å². The highest BCUT2D eigenvalue weighted by Gasteiger charge is 2.22. The Hall–Kier alpha value is -1.53. The van der Waals surface area contributed by atoms with Crippen molar-refractivity contribution in [2.24, 2.45) is 5.92 Å². The highest BCUT2D eigenvalue weighted by Crippen LogP contribution is 2.31. The van der Waals surface area contributed by atoms with E-state index in [0.29, 0.717) is 5.56 Å². The molecule has 2 rings (SSSR count). The molecule has 2 unspecified atom stereocenters. The molecule has 0 amide bonds. The Kier molecular flexibility index (Phi) is 4.44. The number of hydrogen-bond acceptors (Lipinski definition) is 3. The second kappa shape index (κ2) is 6.08. The second-order valence-corrected chi connectivity index (χ2v) is 5.42. The first-order chi connectivity index (χ1) is 9.15. The lowest BCUT2D eigenvalue weighted by Gasteiger charge is -2.35. The lowest BCUT2D eigenvalue weighted by atomic mass is 9.94. The molecule has 0 saturated carbocycles. The van der Waals surface area contributed by atoms with E-state index >= 15 is 0 Å². The van der Waals surface area contributed by atoms with Crippen LogP contribution in [0.5, 0.6) is 0 Å². The molecule has 102 valence electrons. The third-order valence-electron chi connectivity index (χ3n) is 4.05. The van der Waals surface area contributed by atoms with E-state index in [-0.39, 0.29) is 0 Å². The van der Waals surface area contributed by atoms with Gasteiger partial charge in [0.2, 0.25) is 0 Å². The first kappa shape index (κ1) is 13.9. The number of nitrogens with zero attached hydrogens (tertiary/aromatic N) is 2. The first-order valence-corrected chi connectivity index (χ1v) is 7.12. The van der Waals surface area contributed by atoms with Crippen LogP contribution in [-0.4, -0.2) is 18.2 Å². The zero-order chi connectivity index (χ0) is 13.8. The first-order valence-electron chi connectivity index (χ1n) is 7.12. The maximum Gasteiger partial charge on any atom is 0.0992 e. The molecule has 0 spiro atoms. The van der Waals surface area contributed by atoms with Crippen LogP contribution in [0.25, 0.3) is 0 Å². The van der Waals surface area contributed by atoms with Gasteiger partial charge in [0.25, 0.3) is 0 Å². The number of rotatable bonds is 3. The molecule has 3 heteroatoms. The SMILES string of the molecule is CCC1CCCN(c2cc(C#N)ccc2C(C)O)C1. The number of aliphatic hydroxyl groups excluding tert-OH is 1. The molecule has 0 radical (unpaired) electrons. The summed E-state index contributed by atoms with van der Waals surface area (Å²) in [5, 5.41) is 19.0. The van der Waals surface area contributed by atoms with Crippen LogP contribution in [0, 0.1) is 17.2 Å². The second-order valence-electron chi connectivity index (χ2n) is 5.42. The summed E-state index contributed by atoms with van der Waals surface area (Å²) in [7, 11) is 0. The maximum atomic E-state index is 9.91. The fourth-order valence-electron chi connectivity index (χ4n) is 2.86. The summed E-state index contributed by atoms with van der Waals surface area (Å²) in [6.45, 7) is 6.07. The molecule has 1 aromatic rings. The average molecular weight is 258 g/mol. The van der Waals surface area contributed by atoms with Gasteiger partial charge in [-0.2, -0.15) is 5.26 Å². The van der Waals surface area contributed by atoms with Gasteiger partial charge in [-0.15, -0.1) is 0 Å². The van der Waals surface area contributed by atoms with E-state index < -0.39 is 6.10 Å². The van der Waals surface area contributed by atoms with Crippen LogP contribution in [0.1, 0.15) is 50.3 Å². The molecule has 19 heavy (non-hydrogen) atoms. The van der Waals surface area contributed by atoms with Crippen molar-refractivity contribution in [2.45, 2.75) is 39.2 Å². The Morgan fingerprint density at radius 2 is 2.32 bits per heavy atom. The van der Waals surface area contributed by atoms with Crippen LogP contribution in [0.4, 0.5) is 5.69 Å². The van der Waals surface area contributed by atoms with Crippen LogP contribution in [0.3, 0.4) is 0 Å². The monoisotopic (exact) mass is 258 g/mol. The summed E-state index contributed by atoms with van der Waals surface area (Å²) in [5.74, 6) is 0.723. The predicted octanol–water partition coefficient (Wildman–Crippen LogP) is 3.24. The standard InChI is InChI=1S/C16H22N2O/c1-3-13-5-4-8-18(11-13)16-9-14(10-17)6-7-15(16)12(2)19/h6-7,9,12-13,19H,3-5,8,11H2,1-2H3. The van der Waals surface area contributed by atoms with Crippen molar-refractivity contribution in [3.05, 3.63) is 29.3 Å². The van der Waals surface area contributed by atoms with Crippen LogP contribution < -0.4 is 4.90 Å². The van der Waals surface area contributed by atoms with Crippen molar-refractivity contribution in [1.82, 2.24) is 0 Å². The van der Waals surface area contributed by atoms with Gasteiger partial charge in [0.05, 0.1) is 17.7 Å². The summed E-state index contributed by atoms with van der Waals surface area (Å²) in [5.41, 5.74) is 2.63. The highest BCUT2D eigenvalue weighted by molar-refractivity contribution is 5.58. The molecule has 1 aliphatic heterocycles. The van der Waals surface area contributed by atoms with Gasteiger partial charge in [0, 0.05) is 24.3 Å². The van der Waals surface area contributed by atoms with E-state index in [1.165, 1.54) is 19.3 Å². The molecule has 1 saturated heterocycles. The molecule has 0 aliphatic carbocycles. The number of aliphatic hydroxyl groups is 1. The smallest absolute Gasteiger partial charge is 0.0992 e. The lowest BCUT2D eigenvalue weighted by Crippen LogP contribution is -2.35. The van der Waals surface area contributed by atoms with E-state index in [0.717, 1.165) is 30.3 Å². The Bertz CT molecular complexity index is 476. The van der Waals surface area contributed by atoms with Gasteiger partial charge in [-0.05, 0) is 37.8 Å². The topological polar surface area (TPSA) is 47.3 Å². The summed E-state index contributed by atoms with van der Waals surface area (Å²) >= 11 is 0. The summed E-state index contributed by atoms with van der Waals surface area (Å²) in [4.78, 5) is 2.33. The highest BCUT2D eigenvalue weighted by atomic mass is 16.3. The van der Waals surface area contributed by atoms with E-state index in [4.69, 9.17) is 5.26 Å². The molecule has 0 aromatic heterocycles. The van der Waals surface area contributed by atoms with E-state index in [1.807, 2.05) is 12.1 Å². The fraction of sp³-hybridized carbons (Fsp3) is 0.562. The van der Waals surface area contributed by atoms with Gasteiger partial charge in [0.1, 0.15) is 0 Å². The number of hydrogen-bond donors (Lipinski definition) is 1. The third-order valence-corrected chi connectivity index (χ3v) is 4.05. The Balaban J connectivity index is 2.33. The Labute approximate surface area is 115 Å². The summed E-state index contributed by atoms with van der Waals surface area (Å²) in [6, 6.07) is 7.77. The largest absolute Gasteiger partial charge is 0.389 e. The minimum atomic E-state index is -0.496. The number of anilines is 1. The van der Waals surface area contributed by atoms with Gasteiger partial charge in [-0.25, -0.2) is 0 Å². The molecule has 1 heterocycles. The summed E-state index contributed by atoms with van der Waals surface area (Å²) < 4.78 is 0. The van der Waals surface area contributed by atoms with E-state index in [1.54, 1.807) is 13.0 Å². The Morgan fingerprint density at radius 1 is 1.53 bits per heavy atom. The number of piperidine rings is 1. The third kappa shape index (κ3) is 3.08. The van der Waals surface area contributed by atoms with Gasteiger partial charge in [0.15, 0.2) is 0 Å². The molecular formula is C16H22N2O. The molecule has 1 aromatic carbocycles. The van der Waals surface area contributed by atoms with Crippen LogP contribution >= 0.6 is 0 Å².